The van der Waals surface area contributed by atoms with E-state index < -0.39 is 0 Å². The molecule has 8 nitrogen and oxygen atoms in total. The van der Waals surface area contributed by atoms with Gasteiger partial charge in [0.05, 0.1) is 25.5 Å². The van der Waals surface area contributed by atoms with E-state index in [2.05, 4.69) is 32.6 Å². The molecule has 4 aliphatic heterocycles. The van der Waals surface area contributed by atoms with Crippen LogP contribution in [-0.2, 0) is 27.2 Å². The molecule has 8 heteroatoms. The van der Waals surface area contributed by atoms with Crippen LogP contribution in [0, 0.1) is 12.8 Å². The van der Waals surface area contributed by atoms with E-state index in [9.17, 15) is 9.59 Å². The second-order valence-corrected chi connectivity index (χ2v) is 11.1. The number of nitrogens with zero attached hydrogens (tertiary/aromatic N) is 3. The fourth-order valence-corrected chi connectivity index (χ4v) is 6.43. The summed E-state index contributed by atoms with van der Waals surface area (Å²) < 4.78 is 19.4. The molecule has 0 unspecified atom stereocenters. The zero-order chi connectivity index (χ0) is 26.1. The van der Waals surface area contributed by atoms with Crippen molar-refractivity contribution in [3.63, 3.8) is 0 Å². The smallest absolute Gasteiger partial charge is 0.225 e. The van der Waals surface area contributed by atoms with Crippen LogP contribution in [0.15, 0.2) is 29.1 Å². The number of piperidine rings is 2. The molecule has 1 atom stereocenters. The van der Waals surface area contributed by atoms with Crippen LogP contribution in [0.3, 0.4) is 0 Å². The van der Waals surface area contributed by atoms with Crippen molar-refractivity contribution in [3.8, 4) is 17.1 Å². The first kappa shape index (κ1) is 25.4. The van der Waals surface area contributed by atoms with Gasteiger partial charge in [-0.15, -0.1) is 0 Å². The van der Waals surface area contributed by atoms with E-state index in [1.807, 2.05) is 6.92 Å². The molecule has 1 amide bonds. The Bertz CT molecular complexity index is 1220. The Labute approximate surface area is 224 Å². The van der Waals surface area contributed by atoms with Crippen molar-refractivity contribution < 1.29 is 19.0 Å². The predicted molar refractivity (Wildman–Crippen MR) is 146 cm³/mol. The standard InChI is InChI=1S/C30H39N3O5/c1-21-27(34)18-28(38-20-25-19-36-15-16-37-25)33-14-9-23-17-24(5-6-26(23)29(21)33)31-12-7-22(8-13-31)30(35)32-10-3-2-4-11-32/h5-6,17-18,22,25H,2-4,7-16,19-20H2,1H3/t25-/m0/s1. The SMILES string of the molecule is Cc1c2n(c(OC[C@@H]3COCCO3)cc1=O)CCc1cc(N3CCC(C(=O)N4CCCCC4)CC3)ccc1-2. The first-order valence-electron chi connectivity index (χ1n) is 14.3. The lowest BCUT2D eigenvalue weighted by molar-refractivity contribution is -0.137. The summed E-state index contributed by atoms with van der Waals surface area (Å²) in [6, 6.07) is 8.23. The minimum Gasteiger partial charge on any atom is -0.476 e. The molecule has 3 fully saturated rings. The Balaban J connectivity index is 1.17. The summed E-state index contributed by atoms with van der Waals surface area (Å²) >= 11 is 0. The lowest BCUT2D eigenvalue weighted by Gasteiger charge is -2.37. The number of likely N-dealkylation sites (tertiary alicyclic amines) is 1. The number of fused-ring (bicyclic) bond motifs is 3. The van der Waals surface area contributed by atoms with E-state index in [-0.39, 0.29) is 17.5 Å². The van der Waals surface area contributed by atoms with Crippen LogP contribution in [0.2, 0.25) is 0 Å². The van der Waals surface area contributed by atoms with Crippen LogP contribution in [-0.4, -0.2) is 74.1 Å². The second-order valence-electron chi connectivity index (χ2n) is 11.1. The Morgan fingerprint density at radius 3 is 2.61 bits per heavy atom. The number of anilines is 1. The summed E-state index contributed by atoms with van der Waals surface area (Å²) in [7, 11) is 0. The zero-order valence-electron chi connectivity index (χ0n) is 22.5. The fraction of sp³-hybridized carbons (Fsp3) is 0.600. The van der Waals surface area contributed by atoms with Crippen molar-refractivity contribution >= 4 is 11.6 Å². The Morgan fingerprint density at radius 1 is 1.03 bits per heavy atom. The van der Waals surface area contributed by atoms with E-state index in [0.29, 0.717) is 38.2 Å². The highest BCUT2D eigenvalue weighted by Crippen LogP contribution is 2.37. The summed E-state index contributed by atoms with van der Waals surface area (Å²) in [5, 5.41) is 0. The molecule has 0 N–H and O–H groups in total. The normalized spacial score (nSPS) is 22.1. The zero-order valence-corrected chi connectivity index (χ0v) is 22.5. The van der Waals surface area contributed by atoms with Gasteiger partial charge in [0.1, 0.15) is 12.7 Å². The monoisotopic (exact) mass is 521 g/mol. The number of hydrogen-bond acceptors (Lipinski definition) is 6. The first-order chi connectivity index (χ1) is 18.6. The number of carbonyl (C=O) groups excluding carboxylic acids is 1. The van der Waals surface area contributed by atoms with Gasteiger partial charge >= 0.3 is 0 Å². The number of amides is 1. The molecule has 0 saturated carbocycles. The molecule has 2 aromatic rings. The summed E-state index contributed by atoms with van der Waals surface area (Å²) in [5.41, 5.74) is 5.27. The van der Waals surface area contributed by atoms with Crippen molar-refractivity contribution in [1.29, 1.82) is 0 Å². The minimum absolute atomic E-state index is 0.00978. The highest BCUT2D eigenvalue weighted by Gasteiger charge is 2.30. The van der Waals surface area contributed by atoms with Crippen LogP contribution in [0.25, 0.3) is 11.3 Å². The molecule has 0 bridgehead atoms. The third-order valence-corrected chi connectivity index (χ3v) is 8.64. The average molecular weight is 522 g/mol. The molecular weight excluding hydrogens is 482 g/mol. The third-order valence-electron chi connectivity index (χ3n) is 8.64. The molecule has 0 spiro atoms. The van der Waals surface area contributed by atoms with E-state index in [1.165, 1.54) is 17.7 Å². The number of aryl methyl sites for hydroxylation is 1. The molecule has 4 aliphatic rings. The molecule has 5 heterocycles. The number of rotatable bonds is 5. The Morgan fingerprint density at radius 2 is 1.84 bits per heavy atom. The number of aromatic nitrogens is 1. The molecule has 1 aromatic heterocycles. The molecule has 3 saturated heterocycles. The number of carbonyl (C=O) groups is 1. The van der Waals surface area contributed by atoms with Crippen molar-refractivity contribution in [2.75, 3.05) is 57.5 Å². The summed E-state index contributed by atoms with van der Waals surface area (Å²) in [4.78, 5) is 30.4. The molecule has 6 rings (SSSR count). The van der Waals surface area contributed by atoms with E-state index in [4.69, 9.17) is 14.2 Å². The fourth-order valence-electron chi connectivity index (χ4n) is 6.43. The van der Waals surface area contributed by atoms with Crippen molar-refractivity contribution in [2.24, 2.45) is 5.92 Å². The lowest BCUT2D eigenvalue weighted by Crippen LogP contribution is -2.44. The quantitative estimate of drug-likeness (QED) is 0.601. The second kappa shape index (κ2) is 11.1. The van der Waals surface area contributed by atoms with Gasteiger partial charge in [0.15, 0.2) is 11.3 Å². The maximum atomic E-state index is 13.0. The van der Waals surface area contributed by atoms with E-state index in [0.717, 1.165) is 81.6 Å². The molecular formula is C30H39N3O5. The third kappa shape index (κ3) is 5.08. The van der Waals surface area contributed by atoms with Crippen molar-refractivity contribution in [2.45, 2.75) is 58.1 Å². The van der Waals surface area contributed by atoms with Crippen LogP contribution in [0.5, 0.6) is 5.88 Å². The Hall–Kier alpha value is -2.84. The molecule has 0 radical (unpaired) electrons. The van der Waals surface area contributed by atoms with Gasteiger partial charge < -0.3 is 28.6 Å². The van der Waals surface area contributed by atoms with Gasteiger partial charge in [0.25, 0.3) is 0 Å². The number of pyridine rings is 1. The van der Waals surface area contributed by atoms with Gasteiger partial charge in [-0.3, -0.25) is 9.59 Å². The maximum absolute atomic E-state index is 13.0. The number of ether oxygens (including phenoxy) is 3. The van der Waals surface area contributed by atoms with E-state index >= 15 is 0 Å². The lowest BCUT2D eigenvalue weighted by atomic mass is 9.92. The maximum Gasteiger partial charge on any atom is 0.225 e. The van der Waals surface area contributed by atoms with Crippen molar-refractivity contribution in [1.82, 2.24) is 9.47 Å². The summed E-state index contributed by atoms with van der Waals surface area (Å²) in [6.45, 7) is 8.41. The van der Waals surface area contributed by atoms with Crippen LogP contribution < -0.4 is 15.1 Å². The predicted octanol–water partition coefficient (Wildman–Crippen LogP) is 3.40. The highest BCUT2D eigenvalue weighted by atomic mass is 16.6. The van der Waals surface area contributed by atoms with Gasteiger partial charge in [-0.05, 0) is 63.1 Å². The number of benzene rings is 1. The molecule has 38 heavy (non-hydrogen) atoms. The van der Waals surface area contributed by atoms with Gasteiger partial charge in [0, 0.05) is 61.5 Å². The van der Waals surface area contributed by atoms with Crippen molar-refractivity contribution in [3.05, 3.63) is 45.6 Å². The molecule has 1 aromatic carbocycles. The van der Waals surface area contributed by atoms with Gasteiger partial charge in [-0.2, -0.15) is 0 Å². The molecule has 0 aliphatic carbocycles. The topological polar surface area (TPSA) is 73.2 Å². The van der Waals surface area contributed by atoms with Crippen LogP contribution in [0.1, 0.15) is 43.2 Å². The van der Waals surface area contributed by atoms with Gasteiger partial charge in [0.2, 0.25) is 5.91 Å². The summed E-state index contributed by atoms with van der Waals surface area (Å²) in [5.74, 6) is 1.13. The largest absolute Gasteiger partial charge is 0.476 e. The van der Waals surface area contributed by atoms with Crippen LogP contribution in [0.4, 0.5) is 5.69 Å². The highest BCUT2D eigenvalue weighted by molar-refractivity contribution is 5.79. The van der Waals surface area contributed by atoms with Gasteiger partial charge in [-0.25, -0.2) is 0 Å². The minimum atomic E-state index is -0.117. The first-order valence-corrected chi connectivity index (χ1v) is 14.3. The van der Waals surface area contributed by atoms with Crippen LogP contribution >= 0.6 is 0 Å². The van der Waals surface area contributed by atoms with Gasteiger partial charge in [-0.1, -0.05) is 6.07 Å². The summed E-state index contributed by atoms with van der Waals surface area (Å²) in [6.07, 6.45) is 6.13. The number of hydrogen-bond donors (Lipinski definition) is 0. The Kier molecular flexibility index (Phi) is 7.43. The molecule has 204 valence electrons. The average Bonchev–Trinajstić information content (AvgIpc) is 2.98. The van der Waals surface area contributed by atoms with E-state index in [1.54, 1.807) is 6.07 Å².